The van der Waals surface area contributed by atoms with Crippen molar-refractivity contribution in [2.24, 2.45) is 0 Å². The van der Waals surface area contributed by atoms with Gasteiger partial charge in [-0.2, -0.15) is 5.26 Å². The lowest BCUT2D eigenvalue weighted by atomic mass is 10.1. The fourth-order valence-electron chi connectivity index (χ4n) is 2.71. The van der Waals surface area contributed by atoms with Gasteiger partial charge in [0.1, 0.15) is 6.61 Å². The van der Waals surface area contributed by atoms with Crippen LogP contribution in [-0.2, 0) is 27.5 Å². The van der Waals surface area contributed by atoms with Crippen molar-refractivity contribution in [2.45, 2.75) is 26.0 Å². The van der Waals surface area contributed by atoms with Crippen LogP contribution in [0.15, 0.2) is 48.5 Å². The fraction of sp³-hybridized carbons (Fsp3) is 0.200. The molecule has 0 aromatic heterocycles. The average Bonchev–Trinajstić information content (AvgIpc) is 2.99. The maximum atomic E-state index is 12.2. The minimum Gasteiger partial charge on any atom is -0.457 e. The van der Waals surface area contributed by atoms with Crippen molar-refractivity contribution in [3.8, 4) is 6.07 Å². The molecule has 0 saturated carbocycles. The molecule has 1 heterocycles. The second kappa shape index (κ2) is 7.62. The van der Waals surface area contributed by atoms with Gasteiger partial charge in [-0.1, -0.05) is 30.3 Å². The first-order valence-corrected chi connectivity index (χ1v) is 8.16. The zero-order chi connectivity index (χ0) is 18.5. The summed E-state index contributed by atoms with van der Waals surface area (Å²) in [6, 6.07) is 15.6. The molecule has 2 amide bonds. The molecule has 1 fully saturated rings. The van der Waals surface area contributed by atoms with Crippen molar-refractivity contribution in [1.82, 2.24) is 4.90 Å². The predicted molar refractivity (Wildman–Crippen MR) is 91.5 cm³/mol. The van der Waals surface area contributed by atoms with Crippen LogP contribution < -0.4 is 0 Å². The monoisotopic (exact) mass is 348 g/mol. The number of hydrogen-bond donors (Lipinski definition) is 0. The largest absolute Gasteiger partial charge is 0.457 e. The van der Waals surface area contributed by atoms with Crippen molar-refractivity contribution in [1.29, 1.82) is 5.26 Å². The molecule has 0 N–H and O–H groups in total. The molecule has 6 heteroatoms. The Hall–Kier alpha value is -3.46. The number of amides is 2. The van der Waals surface area contributed by atoms with Gasteiger partial charge in [-0.15, -0.1) is 0 Å². The molecular weight excluding hydrogens is 332 g/mol. The van der Waals surface area contributed by atoms with E-state index in [1.54, 1.807) is 48.5 Å². The molecule has 0 atom stereocenters. The third-order valence-electron chi connectivity index (χ3n) is 4.18. The standard InChI is InChI=1S/C20H16N2O4/c21-11-16-3-1-2-4-17(16)13-26-20(25)15-7-5-14(6-8-15)12-22-18(23)9-10-19(22)24/h1-8H,9-10,12-13H2. The molecule has 1 aliphatic heterocycles. The molecule has 0 radical (unpaired) electrons. The van der Waals surface area contributed by atoms with E-state index in [1.807, 2.05) is 0 Å². The Balaban J connectivity index is 1.61. The van der Waals surface area contributed by atoms with Crippen molar-refractivity contribution in [2.75, 3.05) is 0 Å². The number of carbonyl (C=O) groups excluding carboxylic acids is 3. The van der Waals surface area contributed by atoms with E-state index in [-0.39, 0.29) is 37.8 Å². The van der Waals surface area contributed by atoms with Gasteiger partial charge >= 0.3 is 5.97 Å². The maximum Gasteiger partial charge on any atom is 0.338 e. The number of likely N-dealkylation sites (tertiary alicyclic amines) is 1. The summed E-state index contributed by atoms with van der Waals surface area (Å²) < 4.78 is 5.26. The van der Waals surface area contributed by atoms with Gasteiger partial charge in [0, 0.05) is 18.4 Å². The van der Waals surface area contributed by atoms with Gasteiger partial charge in [0.2, 0.25) is 11.8 Å². The summed E-state index contributed by atoms with van der Waals surface area (Å²) in [4.78, 5) is 36.7. The summed E-state index contributed by atoms with van der Waals surface area (Å²) in [5.41, 5.74) is 2.24. The molecule has 0 aliphatic carbocycles. The Bertz CT molecular complexity index is 881. The third kappa shape index (κ3) is 3.78. The van der Waals surface area contributed by atoms with Crippen LogP contribution in [0.5, 0.6) is 0 Å². The fourth-order valence-corrected chi connectivity index (χ4v) is 2.71. The summed E-state index contributed by atoms with van der Waals surface area (Å²) in [6.45, 7) is 0.226. The summed E-state index contributed by atoms with van der Waals surface area (Å²) in [7, 11) is 0. The number of nitrogens with zero attached hydrogens (tertiary/aromatic N) is 2. The Labute approximate surface area is 150 Å². The van der Waals surface area contributed by atoms with E-state index in [9.17, 15) is 14.4 Å². The molecule has 0 spiro atoms. The number of imide groups is 1. The predicted octanol–water partition coefficient (Wildman–Crippen LogP) is 2.56. The first-order chi connectivity index (χ1) is 12.6. The van der Waals surface area contributed by atoms with E-state index in [0.29, 0.717) is 16.7 Å². The molecule has 0 unspecified atom stereocenters. The van der Waals surface area contributed by atoms with E-state index in [2.05, 4.69) is 6.07 Å². The molecule has 26 heavy (non-hydrogen) atoms. The summed E-state index contributed by atoms with van der Waals surface area (Å²) in [5.74, 6) is -0.845. The minimum absolute atomic E-state index is 0.0150. The topological polar surface area (TPSA) is 87.5 Å². The van der Waals surface area contributed by atoms with Crippen LogP contribution in [0.3, 0.4) is 0 Å². The molecule has 3 rings (SSSR count). The van der Waals surface area contributed by atoms with Gasteiger partial charge in [0.15, 0.2) is 0 Å². The first kappa shape index (κ1) is 17.4. The Kier molecular flexibility index (Phi) is 5.09. The second-order valence-electron chi connectivity index (χ2n) is 5.92. The van der Waals surface area contributed by atoms with E-state index in [0.717, 1.165) is 5.56 Å². The Morgan fingerprint density at radius 1 is 1.04 bits per heavy atom. The van der Waals surface area contributed by atoms with Crippen LogP contribution in [0.1, 0.15) is 39.9 Å². The Morgan fingerprint density at radius 2 is 1.69 bits per heavy atom. The zero-order valence-electron chi connectivity index (χ0n) is 14.0. The van der Waals surface area contributed by atoms with Crippen molar-refractivity contribution in [3.05, 3.63) is 70.8 Å². The smallest absolute Gasteiger partial charge is 0.338 e. The van der Waals surface area contributed by atoms with Crippen molar-refractivity contribution < 1.29 is 19.1 Å². The maximum absolute atomic E-state index is 12.2. The van der Waals surface area contributed by atoms with E-state index in [1.165, 1.54) is 4.90 Å². The molecule has 2 aromatic rings. The molecular formula is C20H16N2O4. The lowest BCUT2D eigenvalue weighted by Crippen LogP contribution is -2.28. The molecule has 130 valence electrons. The minimum atomic E-state index is -0.502. The van der Waals surface area contributed by atoms with Gasteiger partial charge in [0.25, 0.3) is 0 Å². The highest BCUT2D eigenvalue weighted by Crippen LogP contribution is 2.17. The second-order valence-corrected chi connectivity index (χ2v) is 5.92. The molecule has 1 saturated heterocycles. The lowest BCUT2D eigenvalue weighted by Gasteiger charge is -2.13. The van der Waals surface area contributed by atoms with Crippen LogP contribution in [0.25, 0.3) is 0 Å². The van der Waals surface area contributed by atoms with E-state index >= 15 is 0 Å². The van der Waals surface area contributed by atoms with Gasteiger partial charge in [-0.3, -0.25) is 14.5 Å². The normalized spacial score (nSPS) is 13.6. The highest BCUT2D eigenvalue weighted by atomic mass is 16.5. The lowest BCUT2D eigenvalue weighted by molar-refractivity contribution is -0.139. The SMILES string of the molecule is N#Cc1ccccc1COC(=O)c1ccc(CN2C(=O)CCC2=O)cc1. The van der Waals surface area contributed by atoms with Gasteiger partial charge < -0.3 is 4.74 Å². The number of ether oxygens (including phenoxy) is 1. The van der Waals surface area contributed by atoms with Gasteiger partial charge in [0.05, 0.1) is 23.7 Å². The molecule has 0 bridgehead atoms. The van der Waals surface area contributed by atoms with Gasteiger partial charge in [-0.05, 0) is 23.8 Å². The van der Waals surface area contributed by atoms with Crippen LogP contribution in [0, 0.1) is 11.3 Å². The summed E-state index contributed by atoms with van der Waals surface area (Å²) >= 11 is 0. The zero-order valence-corrected chi connectivity index (χ0v) is 14.0. The number of benzene rings is 2. The third-order valence-corrected chi connectivity index (χ3v) is 4.18. The summed E-state index contributed by atoms with van der Waals surface area (Å²) in [5, 5.41) is 9.04. The van der Waals surface area contributed by atoms with E-state index < -0.39 is 5.97 Å². The molecule has 1 aliphatic rings. The summed E-state index contributed by atoms with van der Waals surface area (Å²) in [6.07, 6.45) is 0.515. The van der Waals surface area contributed by atoms with Crippen LogP contribution in [-0.4, -0.2) is 22.7 Å². The van der Waals surface area contributed by atoms with Crippen molar-refractivity contribution in [3.63, 3.8) is 0 Å². The number of rotatable bonds is 5. The average molecular weight is 348 g/mol. The van der Waals surface area contributed by atoms with Crippen molar-refractivity contribution >= 4 is 17.8 Å². The van der Waals surface area contributed by atoms with Crippen LogP contribution in [0.2, 0.25) is 0 Å². The van der Waals surface area contributed by atoms with Crippen LogP contribution in [0.4, 0.5) is 0 Å². The highest BCUT2D eigenvalue weighted by Gasteiger charge is 2.28. The van der Waals surface area contributed by atoms with Crippen LogP contribution >= 0.6 is 0 Å². The number of nitriles is 1. The quantitative estimate of drug-likeness (QED) is 0.612. The number of hydrogen-bond acceptors (Lipinski definition) is 5. The van der Waals surface area contributed by atoms with Gasteiger partial charge in [-0.25, -0.2) is 4.79 Å². The molecule has 6 nitrogen and oxygen atoms in total. The van der Waals surface area contributed by atoms with E-state index in [4.69, 9.17) is 10.00 Å². The highest BCUT2D eigenvalue weighted by molar-refractivity contribution is 6.01. The Morgan fingerprint density at radius 3 is 2.35 bits per heavy atom. The number of carbonyl (C=O) groups is 3. The molecule has 2 aromatic carbocycles. The first-order valence-electron chi connectivity index (χ1n) is 8.16. The number of esters is 1.